The summed E-state index contributed by atoms with van der Waals surface area (Å²) in [7, 11) is 0. The van der Waals surface area contributed by atoms with Gasteiger partial charge in [0, 0.05) is 24.5 Å². The van der Waals surface area contributed by atoms with E-state index in [9.17, 15) is 9.59 Å². The lowest BCUT2D eigenvalue weighted by molar-refractivity contribution is -0.141. The Hall–Kier alpha value is -1.56. The summed E-state index contributed by atoms with van der Waals surface area (Å²) in [6, 6.07) is 1.29. The Morgan fingerprint density at radius 3 is 3.00 bits per heavy atom. The molecule has 5 nitrogen and oxygen atoms in total. The quantitative estimate of drug-likeness (QED) is 0.853. The van der Waals surface area contributed by atoms with Gasteiger partial charge in [-0.05, 0) is 36.3 Å². The minimum atomic E-state index is -0.890. The van der Waals surface area contributed by atoms with Crippen LogP contribution in [0.15, 0.2) is 11.4 Å². The first-order chi connectivity index (χ1) is 9.16. The number of carboxylic acid groups (broad SMARTS) is 1. The van der Waals surface area contributed by atoms with Crippen LogP contribution >= 0.6 is 11.3 Å². The van der Waals surface area contributed by atoms with E-state index in [2.05, 4.69) is 11.4 Å². The topological polar surface area (TPSA) is 60.9 Å². The molecule has 0 saturated carbocycles. The summed E-state index contributed by atoms with van der Waals surface area (Å²) in [4.78, 5) is 28.2. The van der Waals surface area contributed by atoms with Crippen molar-refractivity contribution in [2.24, 2.45) is 0 Å². The van der Waals surface area contributed by atoms with Crippen molar-refractivity contribution in [1.82, 2.24) is 9.80 Å². The van der Waals surface area contributed by atoms with Crippen LogP contribution in [-0.4, -0.2) is 46.0 Å². The first-order valence-corrected chi connectivity index (χ1v) is 7.38. The van der Waals surface area contributed by atoms with Crippen LogP contribution in [0.4, 0.5) is 4.79 Å². The van der Waals surface area contributed by atoms with Gasteiger partial charge in [0.1, 0.15) is 6.04 Å². The van der Waals surface area contributed by atoms with Crippen molar-refractivity contribution in [3.05, 3.63) is 21.9 Å². The Bertz CT molecular complexity index is 514. The van der Waals surface area contributed by atoms with E-state index < -0.39 is 12.0 Å². The van der Waals surface area contributed by atoms with Crippen LogP contribution in [0, 0.1) is 0 Å². The molecule has 3 rings (SSSR count). The molecule has 1 atom stereocenters. The van der Waals surface area contributed by atoms with Gasteiger partial charge in [-0.25, -0.2) is 9.59 Å². The van der Waals surface area contributed by atoms with Crippen molar-refractivity contribution >= 4 is 23.3 Å². The van der Waals surface area contributed by atoms with Gasteiger partial charge in [-0.1, -0.05) is 0 Å². The van der Waals surface area contributed by atoms with Crippen LogP contribution < -0.4 is 0 Å². The van der Waals surface area contributed by atoms with Crippen molar-refractivity contribution in [1.29, 1.82) is 0 Å². The molecular weight excluding hydrogens is 264 g/mol. The van der Waals surface area contributed by atoms with Crippen LogP contribution in [0.5, 0.6) is 0 Å². The number of hydrogen-bond acceptors (Lipinski definition) is 3. The van der Waals surface area contributed by atoms with Gasteiger partial charge in [-0.15, -0.1) is 11.3 Å². The molecule has 2 aliphatic rings. The number of carbonyl (C=O) groups excluding carboxylic acids is 1. The SMILES string of the molecule is O=C(O)[C@H]1CCCN1C(=O)N1CCc2sccc2C1. The second-order valence-corrected chi connectivity index (χ2v) is 6.01. The molecule has 6 heteroatoms. The number of fused-ring (bicyclic) bond motifs is 1. The van der Waals surface area contributed by atoms with Gasteiger partial charge in [-0.3, -0.25) is 0 Å². The number of aliphatic carboxylic acids is 1. The van der Waals surface area contributed by atoms with Crippen LogP contribution in [-0.2, 0) is 17.8 Å². The molecule has 0 aromatic carbocycles. The normalized spacial score (nSPS) is 22.4. The zero-order chi connectivity index (χ0) is 13.4. The number of urea groups is 1. The Morgan fingerprint density at radius 2 is 2.21 bits per heavy atom. The number of thiophene rings is 1. The van der Waals surface area contributed by atoms with Gasteiger partial charge in [0.05, 0.1) is 0 Å². The zero-order valence-electron chi connectivity index (χ0n) is 10.5. The second-order valence-electron chi connectivity index (χ2n) is 5.01. The fourth-order valence-electron chi connectivity index (χ4n) is 2.85. The lowest BCUT2D eigenvalue weighted by Crippen LogP contribution is -2.49. The second kappa shape index (κ2) is 4.85. The highest BCUT2D eigenvalue weighted by atomic mass is 32.1. The zero-order valence-corrected chi connectivity index (χ0v) is 11.4. The minimum Gasteiger partial charge on any atom is -0.480 e. The number of carboxylic acids is 1. The maximum Gasteiger partial charge on any atom is 0.326 e. The first-order valence-electron chi connectivity index (χ1n) is 6.50. The predicted molar refractivity (Wildman–Crippen MR) is 71.2 cm³/mol. The molecule has 1 saturated heterocycles. The summed E-state index contributed by atoms with van der Waals surface area (Å²) < 4.78 is 0. The molecule has 1 N–H and O–H groups in total. The van der Waals surface area contributed by atoms with E-state index in [0.717, 1.165) is 12.8 Å². The van der Waals surface area contributed by atoms with E-state index in [1.807, 2.05) is 0 Å². The molecule has 0 radical (unpaired) electrons. The molecule has 1 aromatic heterocycles. The number of rotatable bonds is 1. The van der Waals surface area contributed by atoms with E-state index in [1.54, 1.807) is 16.2 Å². The molecular formula is C13H16N2O3S. The number of likely N-dealkylation sites (tertiary alicyclic amines) is 1. The van der Waals surface area contributed by atoms with Gasteiger partial charge in [0.25, 0.3) is 0 Å². The summed E-state index contributed by atoms with van der Waals surface area (Å²) >= 11 is 1.73. The average molecular weight is 280 g/mol. The third-order valence-electron chi connectivity index (χ3n) is 3.86. The summed E-state index contributed by atoms with van der Waals surface area (Å²) in [6.45, 7) is 1.86. The summed E-state index contributed by atoms with van der Waals surface area (Å²) in [5, 5.41) is 11.2. The molecule has 0 unspecified atom stereocenters. The van der Waals surface area contributed by atoms with E-state index in [4.69, 9.17) is 5.11 Å². The van der Waals surface area contributed by atoms with Gasteiger partial charge < -0.3 is 14.9 Å². The van der Waals surface area contributed by atoms with E-state index in [-0.39, 0.29) is 6.03 Å². The summed E-state index contributed by atoms with van der Waals surface area (Å²) in [5.74, 6) is -0.890. The molecule has 102 valence electrons. The molecule has 1 aromatic rings. The minimum absolute atomic E-state index is 0.123. The molecule has 1 fully saturated rings. The Kier molecular flexibility index (Phi) is 3.18. The van der Waals surface area contributed by atoms with Gasteiger partial charge in [0.15, 0.2) is 0 Å². The van der Waals surface area contributed by atoms with Gasteiger partial charge >= 0.3 is 12.0 Å². The molecule has 0 spiro atoms. The fraction of sp³-hybridized carbons (Fsp3) is 0.538. The fourth-order valence-corrected chi connectivity index (χ4v) is 3.74. The molecule has 19 heavy (non-hydrogen) atoms. The monoisotopic (exact) mass is 280 g/mol. The number of nitrogens with zero attached hydrogens (tertiary/aromatic N) is 2. The Labute approximate surface area is 115 Å². The maximum absolute atomic E-state index is 12.4. The van der Waals surface area contributed by atoms with Crippen LogP contribution in [0.1, 0.15) is 23.3 Å². The third kappa shape index (κ3) is 2.20. The summed E-state index contributed by atoms with van der Waals surface area (Å²) in [6.07, 6.45) is 2.23. The number of hydrogen-bond donors (Lipinski definition) is 1. The van der Waals surface area contributed by atoms with Gasteiger partial charge in [-0.2, -0.15) is 0 Å². The lowest BCUT2D eigenvalue weighted by Gasteiger charge is -2.32. The van der Waals surface area contributed by atoms with Crippen molar-refractivity contribution in [2.75, 3.05) is 13.1 Å². The highest BCUT2D eigenvalue weighted by molar-refractivity contribution is 7.10. The van der Waals surface area contributed by atoms with Crippen LogP contribution in [0.3, 0.4) is 0 Å². The van der Waals surface area contributed by atoms with E-state index in [0.29, 0.717) is 26.1 Å². The van der Waals surface area contributed by atoms with Crippen molar-refractivity contribution in [3.63, 3.8) is 0 Å². The highest BCUT2D eigenvalue weighted by Gasteiger charge is 2.36. The molecule has 3 heterocycles. The Balaban J connectivity index is 1.73. The van der Waals surface area contributed by atoms with Gasteiger partial charge in [0.2, 0.25) is 0 Å². The van der Waals surface area contributed by atoms with Crippen LogP contribution in [0.25, 0.3) is 0 Å². The predicted octanol–water partition coefficient (Wildman–Crippen LogP) is 1.78. The van der Waals surface area contributed by atoms with Crippen molar-refractivity contribution in [2.45, 2.75) is 31.8 Å². The average Bonchev–Trinajstić information content (AvgIpc) is 3.05. The standard InChI is InChI=1S/C13H16N2O3S/c16-12(17)10-2-1-5-15(10)13(18)14-6-3-11-9(8-14)4-7-19-11/h4,7,10H,1-3,5-6,8H2,(H,16,17)/t10-/m1/s1. The molecule has 0 bridgehead atoms. The molecule has 0 aliphatic carbocycles. The van der Waals surface area contributed by atoms with E-state index >= 15 is 0 Å². The highest BCUT2D eigenvalue weighted by Crippen LogP contribution is 2.26. The third-order valence-corrected chi connectivity index (χ3v) is 4.88. The molecule has 2 amide bonds. The van der Waals surface area contributed by atoms with E-state index in [1.165, 1.54) is 15.3 Å². The van der Waals surface area contributed by atoms with Crippen molar-refractivity contribution < 1.29 is 14.7 Å². The smallest absolute Gasteiger partial charge is 0.326 e. The van der Waals surface area contributed by atoms with Crippen molar-refractivity contribution in [3.8, 4) is 0 Å². The van der Waals surface area contributed by atoms with Crippen LogP contribution in [0.2, 0.25) is 0 Å². The largest absolute Gasteiger partial charge is 0.480 e. The lowest BCUT2D eigenvalue weighted by atomic mass is 10.1. The number of carbonyl (C=O) groups is 2. The number of amides is 2. The summed E-state index contributed by atoms with van der Waals surface area (Å²) in [5.41, 5.74) is 1.20. The maximum atomic E-state index is 12.4. The molecule has 2 aliphatic heterocycles. The first kappa shape index (κ1) is 12.5. The Morgan fingerprint density at radius 1 is 1.37 bits per heavy atom.